The second kappa shape index (κ2) is 7.07. The molecule has 2 nitrogen and oxygen atoms in total. The molecule has 86 valence electrons. The van der Waals surface area contributed by atoms with Crippen LogP contribution in [0.15, 0.2) is 21.4 Å². The number of rotatable bonds is 7. The summed E-state index contributed by atoms with van der Waals surface area (Å²) in [6.45, 7) is 2.23. The van der Waals surface area contributed by atoms with Gasteiger partial charge in [-0.2, -0.15) is 0 Å². The van der Waals surface area contributed by atoms with Crippen molar-refractivity contribution in [2.75, 3.05) is 0 Å². The van der Waals surface area contributed by atoms with Gasteiger partial charge < -0.3 is 10.2 Å². The predicted octanol–water partition coefficient (Wildman–Crippen LogP) is 4.40. The summed E-state index contributed by atoms with van der Waals surface area (Å²) >= 11 is 3.35. The van der Waals surface area contributed by atoms with Gasteiger partial charge in [-0.3, -0.25) is 0 Å². The number of hydrogen-bond donors (Lipinski definition) is 1. The van der Waals surface area contributed by atoms with Gasteiger partial charge in [-0.25, -0.2) is 0 Å². The summed E-state index contributed by atoms with van der Waals surface area (Å²) in [7, 11) is 0. The van der Waals surface area contributed by atoms with Gasteiger partial charge in [0, 0.05) is 11.6 Å². The number of unbranched alkanes of at least 4 members (excludes halogenated alkanes) is 4. The standard InChI is InChI=1S/C12H20BrNO/c1-2-3-4-5-6-7-11(14)10-8-9-15-12(10)13/h8-9,11H,2-7,14H2,1H3. The van der Waals surface area contributed by atoms with Crippen LogP contribution in [-0.4, -0.2) is 0 Å². The minimum Gasteiger partial charge on any atom is -0.457 e. The smallest absolute Gasteiger partial charge is 0.173 e. The Morgan fingerprint density at radius 1 is 1.33 bits per heavy atom. The maximum absolute atomic E-state index is 6.07. The molecule has 3 heteroatoms. The Morgan fingerprint density at radius 2 is 2.07 bits per heavy atom. The molecule has 15 heavy (non-hydrogen) atoms. The summed E-state index contributed by atoms with van der Waals surface area (Å²) in [6.07, 6.45) is 9.17. The minimum atomic E-state index is 0.111. The second-order valence-electron chi connectivity index (χ2n) is 3.96. The minimum absolute atomic E-state index is 0.111. The van der Waals surface area contributed by atoms with Crippen molar-refractivity contribution in [1.29, 1.82) is 0 Å². The Labute approximate surface area is 100 Å². The zero-order valence-electron chi connectivity index (χ0n) is 9.34. The van der Waals surface area contributed by atoms with E-state index in [-0.39, 0.29) is 6.04 Å². The van der Waals surface area contributed by atoms with Crippen molar-refractivity contribution in [3.05, 3.63) is 22.6 Å². The summed E-state index contributed by atoms with van der Waals surface area (Å²) in [5.41, 5.74) is 7.15. The highest BCUT2D eigenvalue weighted by molar-refractivity contribution is 9.10. The van der Waals surface area contributed by atoms with Gasteiger partial charge in [-0.15, -0.1) is 0 Å². The van der Waals surface area contributed by atoms with Crippen molar-refractivity contribution in [3.8, 4) is 0 Å². The van der Waals surface area contributed by atoms with Crippen molar-refractivity contribution >= 4 is 15.9 Å². The fourth-order valence-corrected chi connectivity index (χ4v) is 2.23. The third kappa shape index (κ3) is 4.39. The Morgan fingerprint density at radius 3 is 2.67 bits per heavy atom. The molecule has 0 aliphatic rings. The van der Waals surface area contributed by atoms with Crippen LogP contribution in [0, 0.1) is 0 Å². The van der Waals surface area contributed by atoms with Crippen molar-refractivity contribution in [3.63, 3.8) is 0 Å². The lowest BCUT2D eigenvalue weighted by molar-refractivity contribution is 0.517. The van der Waals surface area contributed by atoms with Crippen LogP contribution in [0.1, 0.15) is 57.1 Å². The summed E-state index contributed by atoms with van der Waals surface area (Å²) in [4.78, 5) is 0. The number of furan rings is 1. The highest BCUT2D eigenvalue weighted by atomic mass is 79.9. The molecular weight excluding hydrogens is 254 g/mol. The molecule has 0 spiro atoms. The van der Waals surface area contributed by atoms with Crippen LogP contribution in [0.4, 0.5) is 0 Å². The molecule has 0 saturated carbocycles. The maximum Gasteiger partial charge on any atom is 0.173 e. The van der Waals surface area contributed by atoms with Crippen LogP contribution in [0.5, 0.6) is 0 Å². The molecule has 0 amide bonds. The van der Waals surface area contributed by atoms with E-state index in [1.54, 1.807) is 6.26 Å². The maximum atomic E-state index is 6.07. The SMILES string of the molecule is CCCCCCCC(N)c1ccoc1Br. The zero-order valence-corrected chi connectivity index (χ0v) is 10.9. The van der Waals surface area contributed by atoms with Gasteiger partial charge in [-0.1, -0.05) is 39.0 Å². The molecule has 1 aromatic rings. The zero-order chi connectivity index (χ0) is 11.1. The van der Waals surface area contributed by atoms with Gasteiger partial charge in [0.1, 0.15) is 0 Å². The van der Waals surface area contributed by atoms with E-state index < -0.39 is 0 Å². The molecular formula is C12H20BrNO. The second-order valence-corrected chi connectivity index (χ2v) is 4.68. The summed E-state index contributed by atoms with van der Waals surface area (Å²) in [5, 5.41) is 0. The average Bonchev–Trinajstić information content (AvgIpc) is 2.64. The molecule has 0 aliphatic heterocycles. The van der Waals surface area contributed by atoms with Gasteiger partial charge in [-0.05, 0) is 28.4 Å². The van der Waals surface area contributed by atoms with Crippen molar-refractivity contribution in [1.82, 2.24) is 0 Å². The third-order valence-corrected chi connectivity index (χ3v) is 3.31. The summed E-state index contributed by atoms with van der Waals surface area (Å²) in [6, 6.07) is 2.06. The topological polar surface area (TPSA) is 39.2 Å². The Kier molecular flexibility index (Phi) is 6.03. The lowest BCUT2D eigenvalue weighted by atomic mass is 10.0. The van der Waals surface area contributed by atoms with Gasteiger partial charge in [0.15, 0.2) is 4.67 Å². The Hall–Kier alpha value is -0.280. The normalized spacial score (nSPS) is 13.0. The monoisotopic (exact) mass is 273 g/mol. The molecule has 1 aromatic heterocycles. The molecule has 1 heterocycles. The highest BCUT2D eigenvalue weighted by Gasteiger charge is 2.11. The predicted molar refractivity (Wildman–Crippen MR) is 66.7 cm³/mol. The van der Waals surface area contributed by atoms with Crippen LogP contribution in [0.25, 0.3) is 0 Å². The van der Waals surface area contributed by atoms with E-state index >= 15 is 0 Å². The van der Waals surface area contributed by atoms with E-state index in [0.29, 0.717) is 0 Å². The van der Waals surface area contributed by atoms with Crippen LogP contribution in [0.3, 0.4) is 0 Å². The molecule has 0 fully saturated rings. The number of nitrogens with two attached hydrogens (primary N) is 1. The Bertz CT molecular complexity index is 272. The van der Waals surface area contributed by atoms with E-state index in [1.807, 2.05) is 6.07 Å². The first-order valence-corrected chi connectivity index (χ1v) is 6.53. The molecule has 1 rings (SSSR count). The fraction of sp³-hybridized carbons (Fsp3) is 0.667. The first-order valence-electron chi connectivity index (χ1n) is 5.74. The van der Waals surface area contributed by atoms with Crippen LogP contribution in [0.2, 0.25) is 0 Å². The van der Waals surface area contributed by atoms with Crippen LogP contribution >= 0.6 is 15.9 Å². The number of hydrogen-bond acceptors (Lipinski definition) is 2. The highest BCUT2D eigenvalue weighted by Crippen LogP contribution is 2.26. The molecule has 1 atom stereocenters. The molecule has 0 saturated heterocycles. The molecule has 0 aromatic carbocycles. The van der Waals surface area contributed by atoms with Gasteiger partial charge in [0.2, 0.25) is 0 Å². The fourth-order valence-electron chi connectivity index (χ4n) is 1.69. The van der Waals surface area contributed by atoms with Gasteiger partial charge in [0.25, 0.3) is 0 Å². The lowest BCUT2D eigenvalue weighted by Gasteiger charge is -2.09. The van der Waals surface area contributed by atoms with Gasteiger partial charge in [0.05, 0.1) is 6.26 Å². The first-order chi connectivity index (χ1) is 7.25. The van der Waals surface area contributed by atoms with E-state index in [1.165, 1.54) is 32.1 Å². The van der Waals surface area contributed by atoms with Crippen molar-refractivity contribution in [2.45, 2.75) is 51.5 Å². The largest absolute Gasteiger partial charge is 0.457 e. The molecule has 0 aliphatic carbocycles. The van der Waals surface area contributed by atoms with E-state index in [2.05, 4.69) is 22.9 Å². The lowest BCUT2D eigenvalue weighted by Crippen LogP contribution is -2.09. The Balaban J connectivity index is 2.19. The van der Waals surface area contributed by atoms with Crippen LogP contribution < -0.4 is 5.73 Å². The van der Waals surface area contributed by atoms with Crippen molar-refractivity contribution in [2.24, 2.45) is 5.73 Å². The molecule has 0 radical (unpaired) electrons. The molecule has 2 N–H and O–H groups in total. The summed E-state index contributed by atoms with van der Waals surface area (Å²) in [5.74, 6) is 0. The first kappa shape index (κ1) is 12.8. The molecule has 1 unspecified atom stereocenters. The quantitative estimate of drug-likeness (QED) is 0.748. The third-order valence-electron chi connectivity index (χ3n) is 2.66. The van der Waals surface area contributed by atoms with Gasteiger partial charge >= 0.3 is 0 Å². The van der Waals surface area contributed by atoms with Crippen molar-refractivity contribution < 1.29 is 4.42 Å². The van der Waals surface area contributed by atoms with E-state index in [4.69, 9.17) is 10.2 Å². The number of halogens is 1. The molecule has 0 bridgehead atoms. The van der Waals surface area contributed by atoms with Crippen LogP contribution in [-0.2, 0) is 0 Å². The van der Waals surface area contributed by atoms with E-state index in [0.717, 1.165) is 16.7 Å². The summed E-state index contributed by atoms with van der Waals surface area (Å²) < 4.78 is 5.95. The average molecular weight is 274 g/mol. The van der Waals surface area contributed by atoms with E-state index in [9.17, 15) is 0 Å².